The van der Waals surface area contributed by atoms with Gasteiger partial charge in [-0.15, -0.1) is 20.5 Å². The largest absolute Gasteiger partial charge is 0.506 e. The van der Waals surface area contributed by atoms with Crippen molar-refractivity contribution in [2.24, 2.45) is 20.5 Å². The van der Waals surface area contributed by atoms with E-state index in [0.717, 1.165) is 38.5 Å². The third-order valence-corrected chi connectivity index (χ3v) is 14.0. The Morgan fingerprint density at radius 2 is 1.17 bits per heavy atom. The Kier molecular flexibility index (Phi) is 15.4. The fourth-order valence-corrected chi connectivity index (χ4v) is 9.78. The van der Waals surface area contributed by atoms with Crippen LogP contribution in [0.1, 0.15) is 0 Å². The molecule has 0 radical (unpaired) electrons. The van der Waals surface area contributed by atoms with Gasteiger partial charge in [-0.05, 0) is 36.4 Å². The number of nitrogens with zero attached hydrogens (tertiary/aromatic N) is 4. The zero-order valence-corrected chi connectivity index (χ0v) is 36.9. The highest BCUT2D eigenvalue weighted by Crippen LogP contribution is 2.48. The number of rotatable bonds is 21. The molecule has 4 rings (SSSR count). The van der Waals surface area contributed by atoms with E-state index in [0.29, 0.717) is 18.2 Å². The number of carbonyl (C=O) groups is 1. The van der Waals surface area contributed by atoms with Crippen molar-refractivity contribution in [1.82, 2.24) is 0 Å². The highest BCUT2D eigenvalue weighted by atomic mass is 32.3. The molecule has 0 heterocycles. The summed E-state index contributed by atoms with van der Waals surface area (Å²) in [7, 11) is -27.9. The molecule has 350 valence electrons. The standard InChI is InChI=1S/C30H31N5O23S6/c1-55-23-13-21(22(36)14-25(23)60(41,42)10-8-58-64(52,53)54)33-35-29-26(62(46,47)48)12-18-17(30(29)56-2)4-6-20(31-15-27(37)38)28(18)34-32-19-5-3-16(11-24(19)61(43,44)45)59(39,40)9-7-57-63(49,50)51/h3-6,11-14,31,36H,7-10,15H2,1-2H3,(H,37,38)(H,43,44,45)(H,46,47,48)(H,49,50,51)(H,52,53,54)/b34-32+,35-33+. The lowest BCUT2D eigenvalue weighted by molar-refractivity contribution is -0.134. The maximum absolute atomic E-state index is 12.9. The maximum Gasteiger partial charge on any atom is 0.397 e. The summed E-state index contributed by atoms with van der Waals surface area (Å²) in [5.74, 6) is -5.54. The van der Waals surface area contributed by atoms with E-state index in [2.05, 4.69) is 34.1 Å². The van der Waals surface area contributed by atoms with Gasteiger partial charge in [0, 0.05) is 22.9 Å². The minimum atomic E-state index is -5.40. The van der Waals surface area contributed by atoms with Gasteiger partial charge >= 0.3 is 26.8 Å². The average Bonchev–Trinajstić information content (AvgIpc) is 3.16. The molecule has 0 aliphatic heterocycles. The molecule has 0 saturated carbocycles. The summed E-state index contributed by atoms with van der Waals surface area (Å²) in [6.45, 7) is -2.97. The number of ether oxygens (including phenoxy) is 2. The summed E-state index contributed by atoms with van der Waals surface area (Å²) in [5.41, 5.74) is -2.90. The number of fused-ring (bicyclic) bond motifs is 1. The van der Waals surface area contributed by atoms with E-state index >= 15 is 0 Å². The molecule has 0 aromatic heterocycles. The average molecular weight is 1020 g/mol. The highest BCUT2D eigenvalue weighted by molar-refractivity contribution is 7.92. The van der Waals surface area contributed by atoms with E-state index in [1.807, 2.05) is 0 Å². The SMILES string of the molecule is COc1cc(/N=N/c2c(S(=O)(=O)O)cc3c(/N=N/c4ccc(S(=O)(=O)CCOS(=O)(=O)O)cc4S(=O)(=O)O)c(NCC(=O)O)ccc3c2OC)c(O)cc1S(=O)(=O)CCOS(=O)(=O)O. The number of hydrogen-bond donors (Lipinski definition) is 7. The number of benzene rings is 4. The number of nitrogens with one attached hydrogen (secondary N) is 1. The minimum absolute atomic E-state index is 0.155. The van der Waals surface area contributed by atoms with E-state index in [1.54, 1.807) is 0 Å². The van der Waals surface area contributed by atoms with Crippen LogP contribution in [0, 0.1) is 0 Å². The molecule has 0 aliphatic carbocycles. The first-order chi connectivity index (χ1) is 29.4. The second-order valence-corrected chi connectivity index (χ2v) is 21.3. The summed E-state index contributed by atoms with van der Waals surface area (Å²) >= 11 is 0. The molecule has 0 fully saturated rings. The van der Waals surface area contributed by atoms with Crippen molar-refractivity contribution < 1.29 is 102 Å². The van der Waals surface area contributed by atoms with Gasteiger partial charge in [-0.25, -0.2) is 25.2 Å². The zero-order chi connectivity index (χ0) is 48.2. The molecule has 0 aliphatic rings. The monoisotopic (exact) mass is 1020 g/mol. The molecule has 28 nitrogen and oxygen atoms in total. The van der Waals surface area contributed by atoms with E-state index in [1.165, 1.54) is 6.07 Å². The quantitative estimate of drug-likeness (QED) is 0.0466. The molecule has 0 amide bonds. The molecule has 34 heteroatoms. The first kappa shape index (κ1) is 51.1. The molecular formula is C30H31N5O23S6. The van der Waals surface area contributed by atoms with E-state index in [9.17, 15) is 74.6 Å². The summed E-state index contributed by atoms with van der Waals surface area (Å²) in [5, 5.41) is 37.3. The van der Waals surface area contributed by atoms with Gasteiger partial charge in [-0.2, -0.15) is 33.7 Å². The predicted octanol–water partition coefficient (Wildman–Crippen LogP) is 2.57. The first-order valence-corrected chi connectivity index (χ1v) is 25.5. The normalized spacial score (nSPS) is 13.2. The molecule has 0 spiro atoms. The summed E-state index contributed by atoms with van der Waals surface area (Å²) < 4.78 is 201. The van der Waals surface area contributed by atoms with Gasteiger partial charge in [-0.3, -0.25) is 23.0 Å². The van der Waals surface area contributed by atoms with E-state index in [-0.39, 0.29) is 16.5 Å². The summed E-state index contributed by atoms with van der Waals surface area (Å²) in [6.07, 6.45) is 0. The number of carboxylic acids is 1. The molecule has 0 bridgehead atoms. The van der Waals surface area contributed by atoms with Crippen molar-refractivity contribution in [3.05, 3.63) is 48.5 Å². The van der Waals surface area contributed by atoms with Crippen LogP contribution in [0.15, 0.2) is 88.6 Å². The van der Waals surface area contributed by atoms with Crippen LogP contribution in [0.4, 0.5) is 28.4 Å². The Hall–Kier alpha value is -5.53. The van der Waals surface area contributed by atoms with Crippen LogP contribution in [0.5, 0.6) is 17.2 Å². The molecule has 0 atom stereocenters. The second-order valence-electron chi connectivity index (χ2n) is 12.2. The molecular weight excluding hydrogens is 991 g/mol. The Labute approximate surface area is 362 Å². The van der Waals surface area contributed by atoms with Crippen molar-refractivity contribution in [3.8, 4) is 17.2 Å². The zero-order valence-electron chi connectivity index (χ0n) is 32.0. The summed E-state index contributed by atoms with van der Waals surface area (Å²) in [4.78, 5) is 7.66. The third-order valence-electron chi connectivity index (χ3n) is 7.95. The Bertz CT molecular complexity index is 3270. The molecule has 7 N–H and O–H groups in total. The van der Waals surface area contributed by atoms with Crippen LogP contribution in [-0.2, 0) is 73.9 Å². The van der Waals surface area contributed by atoms with Crippen LogP contribution in [0.2, 0.25) is 0 Å². The fraction of sp³-hybridized carbons (Fsp3) is 0.233. The minimum Gasteiger partial charge on any atom is -0.506 e. The van der Waals surface area contributed by atoms with Gasteiger partial charge in [0.15, 0.2) is 25.4 Å². The molecule has 4 aromatic rings. The third kappa shape index (κ3) is 13.0. The molecule has 4 aromatic carbocycles. The van der Waals surface area contributed by atoms with Crippen molar-refractivity contribution in [3.63, 3.8) is 0 Å². The Morgan fingerprint density at radius 3 is 1.70 bits per heavy atom. The number of methoxy groups -OCH3 is 2. The number of aliphatic carboxylic acids is 1. The fourth-order valence-electron chi connectivity index (χ4n) is 5.24. The second kappa shape index (κ2) is 19.3. The lowest BCUT2D eigenvalue weighted by Crippen LogP contribution is -2.16. The van der Waals surface area contributed by atoms with Crippen LogP contribution in [0.25, 0.3) is 10.8 Å². The number of phenolic OH excluding ortho intramolecular Hbond substituents is 1. The van der Waals surface area contributed by atoms with Crippen LogP contribution < -0.4 is 14.8 Å². The predicted molar refractivity (Wildman–Crippen MR) is 215 cm³/mol. The van der Waals surface area contributed by atoms with Gasteiger partial charge in [-0.1, -0.05) is 0 Å². The van der Waals surface area contributed by atoms with E-state index in [4.69, 9.17) is 18.6 Å². The van der Waals surface area contributed by atoms with Crippen LogP contribution >= 0.6 is 0 Å². The summed E-state index contributed by atoms with van der Waals surface area (Å²) in [6, 6.07) is 6.40. The number of sulfone groups is 2. The Balaban J connectivity index is 1.93. The highest BCUT2D eigenvalue weighted by Gasteiger charge is 2.28. The topological polar surface area (TPSA) is 442 Å². The number of phenols is 1. The number of aromatic hydroxyl groups is 1. The van der Waals surface area contributed by atoms with Crippen molar-refractivity contribution >= 4 is 106 Å². The maximum atomic E-state index is 12.9. The lowest BCUT2D eigenvalue weighted by Gasteiger charge is -2.16. The Morgan fingerprint density at radius 1 is 0.609 bits per heavy atom. The van der Waals surface area contributed by atoms with Crippen LogP contribution in [-0.4, -0.2) is 130 Å². The number of anilines is 1. The first-order valence-electron chi connectivity index (χ1n) is 16.5. The smallest absolute Gasteiger partial charge is 0.397 e. The molecule has 0 unspecified atom stereocenters. The number of azo groups is 2. The van der Waals surface area contributed by atoms with Gasteiger partial charge in [0.2, 0.25) is 0 Å². The van der Waals surface area contributed by atoms with Crippen molar-refractivity contribution in [2.45, 2.75) is 19.6 Å². The number of hydrogen-bond acceptors (Lipinski definition) is 23. The van der Waals surface area contributed by atoms with Gasteiger partial charge in [0.25, 0.3) is 20.2 Å². The van der Waals surface area contributed by atoms with Gasteiger partial charge in [0.1, 0.15) is 55.5 Å². The van der Waals surface area contributed by atoms with Gasteiger partial charge < -0.3 is 25.0 Å². The van der Waals surface area contributed by atoms with Crippen molar-refractivity contribution in [2.75, 3.05) is 50.8 Å². The van der Waals surface area contributed by atoms with Crippen molar-refractivity contribution in [1.29, 1.82) is 0 Å². The molecule has 0 saturated heterocycles. The van der Waals surface area contributed by atoms with Gasteiger partial charge in [0.05, 0.1) is 49.5 Å². The van der Waals surface area contributed by atoms with E-state index < -0.39 is 158 Å². The van der Waals surface area contributed by atoms with Crippen LogP contribution in [0.3, 0.4) is 0 Å². The number of carboxylic acid groups (broad SMARTS) is 1. The molecule has 64 heavy (non-hydrogen) atoms. The lowest BCUT2D eigenvalue weighted by atomic mass is 10.0.